The van der Waals surface area contributed by atoms with Gasteiger partial charge in [0.15, 0.2) is 0 Å². The van der Waals surface area contributed by atoms with Crippen molar-refractivity contribution in [2.45, 2.75) is 6.42 Å². The SMILES string of the molecule is COc1ccc(C(=O)NCCC(N)=S)cc1. The van der Waals surface area contributed by atoms with Crippen molar-refractivity contribution in [3.05, 3.63) is 29.8 Å². The molecular weight excluding hydrogens is 224 g/mol. The van der Waals surface area contributed by atoms with Crippen LogP contribution in [-0.2, 0) is 0 Å². The number of amides is 1. The summed E-state index contributed by atoms with van der Waals surface area (Å²) in [6.07, 6.45) is 0.511. The maximum atomic E-state index is 11.6. The van der Waals surface area contributed by atoms with Gasteiger partial charge in [-0.2, -0.15) is 0 Å². The van der Waals surface area contributed by atoms with Crippen molar-refractivity contribution in [2.75, 3.05) is 13.7 Å². The number of methoxy groups -OCH3 is 1. The van der Waals surface area contributed by atoms with Crippen LogP contribution in [0.15, 0.2) is 24.3 Å². The second-order valence-electron chi connectivity index (χ2n) is 3.20. The molecule has 16 heavy (non-hydrogen) atoms. The van der Waals surface area contributed by atoms with E-state index in [2.05, 4.69) is 5.32 Å². The van der Waals surface area contributed by atoms with Gasteiger partial charge in [0.1, 0.15) is 5.75 Å². The Morgan fingerprint density at radius 2 is 2.06 bits per heavy atom. The van der Waals surface area contributed by atoms with E-state index in [0.717, 1.165) is 5.75 Å². The van der Waals surface area contributed by atoms with Crippen molar-refractivity contribution in [1.82, 2.24) is 5.32 Å². The van der Waals surface area contributed by atoms with Gasteiger partial charge in [-0.25, -0.2) is 0 Å². The van der Waals surface area contributed by atoms with Crippen molar-refractivity contribution >= 4 is 23.1 Å². The fourth-order valence-electron chi connectivity index (χ4n) is 1.14. The van der Waals surface area contributed by atoms with Crippen LogP contribution >= 0.6 is 12.2 Å². The first-order valence-electron chi connectivity index (χ1n) is 4.84. The third kappa shape index (κ3) is 3.86. The summed E-state index contributed by atoms with van der Waals surface area (Å²) in [6, 6.07) is 6.88. The van der Waals surface area contributed by atoms with Crippen molar-refractivity contribution in [2.24, 2.45) is 5.73 Å². The van der Waals surface area contributed by atoms with Crippen LogP contribution in [0.4, 0.5) is 0 Å². The van der Waals surface area contributed by atoms with Crippen LogP contribution in [0.5, 0.6) is 5.75 Å². The van der Waals surface area contributed by atoms with Gasteiger partial charge in [-0.1, -0.05) is 12.2 Å². The maximum absolute atomic E-state index is 11.6. The molecule has 0 aromatic heterocycles. The van der Waals surface area contributed by atoms with E-state index in [0.29, 0.717) is 23.5 Å². The molecule has 0 saturated heterocycles. The molecule has 0 fully saturated rings. The van der Waals surface area contributed by atoms with Crippen LogP contribution in [0.25, 0.3) is 0 Å². The summed E-state index contributed by atoms with van der Waals surface area (Å²) in [5, 5.41) is 2.72. The van der Waals surface area contributed by atoms with E-state index in [9.17, 15) is 4.79 Å². The Morgan fingerprint density at radius 3 is 2.56 bits per heavy atom. The Morgan fingerprint density at radius 1 is 1.44 bits per heavy atom. The third-order valence-corrected chi connectivity index (χ3v) is 2.21. The van der Waals surface area contributed by atoms with Crippen molar-refractivity contribution in [1.29, 1.82) is 0 Å². The first-order valence-corrected chi connectivity index (χ1v) is 5.25. The van der Waals surface area contributed by atoms with Crippen LogP contribution < -0.4 is 15.8 Å². The molecule has 0 heterocycles. The van der Waals surface area contributed by atoms with Gasteiger partial charge < -0.3 is 15.8 Å². The van der Waals surface area contributed by atoms with Crippen LogP contribution in [-0.4, -0.2) is 24.6 Å². The number of nitrogens with two attached hydrogens (primary N) is 1. The lowest BCUT2D eigenvalue weighted by atomic mass is 10.2. The number of benzene rings is 1. The molecule has 0 unspecified atom stereocenters. The lowest BCUT2D eigenvalue weighted by molar-refractivity contribution is 0.0955. The Kier molecular flexibility index (Phi) is 4.72. The second-order valence-corrected chi connectivity index (χ2v) is 3.73. The van der Waals surface area contributed by atoms with Crippen molar-refractivity contribution in [3.63, 3.8) is 0 Å². The van der Waals surface area contributed by atoms with Gasteiger partial charge >= 0.3 is 0 Å². The van der Waals surface area contributed by atoms with Gasteiger partial charge in [-0.15, -0.1) is 0 Å². The van der Waals surface area contributed by atoms with Crippen LogP contribution in [0.2, 0.25) is 0 Å². The third-order valence-electron chi connectivity index (χ3n) is 2.01. The van der Waals surface area contributed by atoms with E-state index < -0.39 is 0 Å². The molecule has 0 spiro atoms. The average Bonchev–Trinajstić information content (AvgIpc) is 2.28. The highest BCUT2D eigenvalue weighted by molar-refractivity contribution is 7.80. The number of nitrogens with one attached hydrogen (secondary N) is 1. The minimum absolute atomic E-state index is 0.140. The van der Waals surface area contributed by atoms with E-state index in [1.165, 1.54) is 0 Å². The van der Waals surface area contributed by atoms with Crippen molar-refractivity contribution in [3.8, 4) is 5.75 Å². The summed E-state index contributed by atoms with van der Waals surface area (Å²) in [4.78, 5) is 12.0. The highest BCUT2D eigenvalue weighted by atomic mass is 32.1. The molecule has 86 valence electrons. The molecule has 0 aliphatic carbocycles. The number of carbonyl (C=O) groups is 1. The quantitative estimate of drug-likeness (QED) is 0.754. The first-order chi connectivity index (χ1) is 7.63. The number of hydrogen-bond acceptors (Lipinski definition) is 3. The normalized spacial score (nSPS) is 9.56. The zero-order chi connectivity index (χ0) is 12.0. The molecule has 4 nitrogen and oxygen atoms in total. The Balaban J connectivity index is 2.49. The van der Waals surface area contributed by atoms with E-state index in [4.69, 9.17) is 22.7 Å². The van der Waals surface area contributed by atoms with Gasteiger partial charge in [0.25, 0.3) is 5.91 Å². The molecular formula is C11H14N2O2S. The summed E-state index contributed by atoms with van der Waals surface area (Å²) >= 11 is 4.71. The summed E-state index contributed by atoms with van der Waals surface area (Å²) in [5.74, 6) is 0.582. The van der Waals surface area contributed by atoms with Gasteiger partial charge in [0.05, 0.1) is 12.1 Å². The number of rotatable bonds is 5. The second kappa shape index (κ2) is 6.07. The molecule has 0 saturated carbocycles. The number of carbonyl (C=O) groups excluding carboxylic acids is 1. The molecule has 0 atom stereocenters. The highest BCUT2D eigenvalue weighted by Gasteiger charge is 2.04. The summed E-state index contributed by atoms with van der Waals surface area (Å²) in [5.41, 5.74) is 5.91. The zero-order valence-electron chi connectivity index (χ0n) is 9.03. The zero-order valence-corrected chi connectivity index (χ0v) is 9.84. The number of ether oxygens (including phenoxy) is 1. The van der Waals surface area contributed by atoms with Crippen LogP contribution in [0, 0.1) is 0 Å². The predicted octanol–water partition coefficient (Wildman–Crippen LogP) is 1.10. The molecule has 1 rings (SSSR count). The van der Waals surface area contributed by atoms with Gasteiger partial charge in [-0.05, 0) is 24.3 Å². The van der Waals surface area contributed by atoms with E-state index in [-0.39, 0.29) is 5.91 Å². The van der Waals surface area contributed by atoms with Gasteiger partial charge in [0, 0.05) is 18.5 Å². The summed E-state index contributed by atoms with van der Waals surface area (Å²) in [7, 11) is 1.58. The molecule has 3 N–H and O–H groups in total. The largest absolute Gasteiger partial charge is 0.497 e. The van der Waals surface area contributed by atoms with Crippen LogP contribution in [0.1, 0.15) is 16.8 Å². The topological polar surface area (TPSA) is 64.3 Å². The molecule has 0 radical (unpaired) electrons. The van der Waals surface area contributed by atoms with E-state index in [1.807, 2.05) is 0 Å². The fourth-order valence-corrected chi connectivity index (χ4v) is 1.25. The van der Waals surface area contributed by atoms with Crippen LogP contribution in [0.3, 0.4) is 0 Å². The Hall–Kier alpha value is -1.62. The lowest BCUT2D eigenvalue weighted by Crippen LogP contribution is -2.27. The molecule has 0 aliphatic rings. The summed E-state index contributed by atoms with van der Waals surface area (Å²) < 4.78 is 5.00. The van der Waals surface area contributed by atoms with Crippen molar-refractivity contribution < 1.29 is 9.53 Å². The molecule has 5 heteroatoms. The van der Waals surface area contributed by atoms with Gasteiger partial charge in [0.2, 0.25) is 0 Å². The molecule has 0 aliphatic heterocycles. The number of hydrogen-bond donors (Lipinski definition) is 2. The highest BCUT2D eigenvalue weighted by Crippen LogP contribution is 2.10. The monoisotopic (exact) mass is 238 g/mol. The van der Waals surface area contributed by atoms with E-state index >= 15 is 0 Å². The standard InChI is InChI=1S/C11H14N2O2S/c1-15-9-4-2-8(3-5-9)11(14)13-7-6-10(12)16/h2-5H,6-7H2,1H3,(H2,12,16)(H,13,14). The average molecular weight is 238 g/mol. The smallest absolute Gasteiger partial charge is 0.251 e. The first kappa shape index (κ1) is 12.4. The maximum Gasteiger partial charge on any atom is 0.251 e. The fraction of sp³-hybridized carbons (Fsp3) is 0.273. The minimum Gasteiger partial charge on any atom is -0.497 e. The lowest BCUT2D eigenvalue weighted by Gasteiger charge is -2.05. The molecule has 1 amide bonds. The van der Waals surface area contributed by atoms with E-state index in [1.54, 1.807) is 31.4 Å². The molecule has 0 bridgehead atoms. The Labute approximate surface area is 99.8 Å². The number of thiocarbonyl (C=S) groups is 1. The minimum atomic E-state index is -0.140. The molecule has 1 aromatic rings. The summed E-state index contributed by atoms with van der Waals surface area (Å²) in [6.45, 7) is 0.459. The predicted molar refractivity (Wildman–Crippen MR) is 66.7 cm³/mol. The van der Waals surface area contributed by atoms with Gasteiger partial charge in [-0.3, -0.25) is 4.79 Å². The molecule has 1 aromatic carbocycles. The Bertz CT molecular complexity index is 376.